The maximum atomic E-state index is 8.81. The second-order valence-electron chi connectivity index (χ2n) is 4.52. The van der Waals surface area contributed by atoms with Crippen LogP contribution in [0.4, 0.5) is 11.4 Å². The standard InChI is InChI=1S/C16H17N3/c1-12-4-2-3-5-13(12)8-9-19-15-7-6-14(11-17)16(18)10-15/h2-7,10,19H,8-9,18H2,1H3. The zero-order valence-corrected chi connectivity index (χ0v) is 11.0. The molecule has 0 bridgehead atoms. The van der Waals surface area contributed by atoms with E-state index in [1.807, 2.05) is 12.1 Å². The lowest BCUT2D eigenvalue weighted by Gasteiger charge is -2.09. The summed E-state index contributed by atoms with van der Waals surface area (Å²) in [5.74, 6) is 0. The summed E-state index contributed by atoms with van der Waals surface area (Å²) >= 11 is 0. The Morgan fingerprint density at radius 2 is 2.00 bits per heavy atom. The number of nitrogens with two attached hydrogens (primary N) is 1. The second-order valence-corrected chi connectivity index (χ2v) is 4.52. The predicted octanol–water partition coefficient (Wildman–Crippen LogP) is 3.10. The third kappa shape index (κ3) is 3.26. The van der Waals surface area contributed by atoms with Crippen molar-refractivity contribution in [2.24, 2.45) is 0 Å². The normalized spacial score (nSPS) is 9.89. The average molecular weight is 251 g/mol. The summed E-state index contributed by atoms with van der Waals surface area (Å²) in [6.07, 6.45) is 0.965. The van der Waals surface area contributed by atoms with Crippen molar-refractivity contribution in [3.05, 3.63) is 59.2 Å². The summed E-state index contributed by atoms with van der Waals surface area (Å²) in [6.45, 7) is 2.96. The summed E-state index contributed by atoms with van der Waals surface area (Å²) < 4.78 is 0. The van der Waals surface area contributed by atoms with Crippen LogP contribution in [0, 0.1) is 18.3 Å². The molecular weight excluding hydrogens is 234 g/mol. The highest BCUT2D eigenvalue weighted by molar-refractivity contribution is 5.62. The Kier molecular flexibility index (Phi) is 4.04. The first-order valence-corrected chi connectivity index (χ1v) is 6.28. The smallest absolute Gasteiger partial charge is 0.101 e. The maximum absolute atomic E-state index is 8.81. The van der Waals surface area contributed by atoms with Crippen molar-refractivity contribution in [2.75, 3.05) is 17.6 Å². The van der Waals surface area contributed by atoms with Crippen LogP contribution in [0.25, 0.3) is 0 Å². The number of nitrogen functional groups attached to an aromatic ring is 1. The molecule has 0 aliphatic heterocycles. The van der Waals surface area contributed by atoms with Crippen molar-refractivity contribution in [2.45, 2.75) is 13.3 Å². The van der Waals surface area contributed by atoms with Gasteiger partial charge in [-0.25, -0.2) is 0 Å². The molecule has 0 atom stereocenters. The van der Waals surface area contributed by atoms with E-state index in [0.29, 0.717) is 11.3 Å². The van der Waals surface area contributed by atoms with E-state index in [1.165, 1.54) is 11.1 Å². The molecule has 0 unspecified atom stereocenters. The third-order valence-electron chi connectivity index (χ3n) is 3.16. The second kappa shape index (κ2) is 5.92. The van der Waals surface area contributed by atoms with E-state index in [4.69, 9.17) is 11.0 Å². The molecule has 0 spiro atoms. The number of aryl methyl sites for hydroxylation is 1. The Morgan fingerprint density at radius 1 is 1.21 bits per heavy atom. The Labute approximate surface area is 113 Å². The number of rotatable bonds is 4. The topological polar surface area (TPSA) is 61.8 Å². The zero-order valence-electron chi connectivity index (χ0n) is 11.0. The molecule has 0 saturated heterocycles. The van der Waals surface area contributed by atoms with Gasteiger partial charge in [-0.2, -0.15) is 5.26 Å². The lowest BCUT2D eigenvalue weighted by molar-refractivity contribution is 1.01. The number of nitrogens with one attached hydrogen (secondary N) is 1. The monoisotopic (exact) mass is 251 g/mol. The molecule has 2 aromatic rings. The van der Waals surface area contributed by atoms with Gasteiger partial charge in [-0.1, -0.05) is 24.3 Å². The van der Waals surface area contributed by atoms with Gasteiger partial charge in [-0.15, -0.1) is 0 Å². The van der Waals surface area contributed by atoms with E-state index in [2.05, 4.69) is 36.5 Å². The average Bonchev–Trinajstić information content (AvgIpc) is 2.41. The summed E-state index contributed by atoms with van der Waals surface area (Å²) in [7, 11) is 0. The molecule has 2 aromatic carbocycles. The van der Waals surface area contributed by atoms with Gasteiger partial charge in [0.1, 0.15) is 6.07 Å². The van der Waals surface area contributed by atoms with Crippen LogP contribution in [0.3, 0.4) is 0 Å². The van der Waals surface area contributed by atoms with Crippen LogP contribution in [0.2, 0.25) is 0 Å². The van der Waals surface area contributed by atoms with Gasteiger partial charge in [-0.05, 0) is 42.7 Å². The van der Waals surface area contributed by atoms with Crippen LogP contribution >= 0.6 is 0 Å². The zero-order chi connectivity index (χ0) is 13.7. The minimum atomic E-state index is 0.517. The van der Waals surface area contributed by atoms with Crippen molar-refractivity contribution >= 4 is 11.4 Å². The Hall–Kier alpha value is -2.47. The molecule has 0 saturated carbocycles. The molecule has 2 rings (SSSR count). The van der Waals surface area contributed by atoms with Crippen LogP contribution in [0.15, 0.2) is 42.5 Å². The minimum absolute atomic E-state index is 0.517. The van der Waals surface area contributed by atoms with Gasteiger partial charge in [0.15, 0.2) is 0 Å². The molecule has 96 valence electrons. The molecule has 0 aliphatic rings. The van der Waals surface area contributed by atoms with E-state index in [1.54, 1.807) is 12.1 Å². The van der Waals surface area contributed by atoms with Crippen molar-refractivity contribution in [1.82, 2.24) is 0 Å². The largest absolute Gasteiger partial charge is 0.398 e. The molecule has 0 aliphatic carbocycles. The van der Waals surface area contributed by atoms with E-state index in [9.17, 15) is 0 Å². The number of nitrogens with zero attached hydrogens (tertiary/aromatic N) is 1. The molecule has 3 nitrogen and oxygen atoms in total. The SMILES string of the molecule is Cc1ccccc1CCNc1ccc(C#N)c(N)c1. The third-order valence-corrected chi connectivity index (χ3v) is 3.16. The van der Waals surface area contributed by atoms with Crippen LogP contribution in [-0.4, -0.2) is 6.54 Å². The fourth-order valence-corrected chi connectivity index (χ4v) is 2.01. The summed E-state index contributed by atoms with van der Waals surface area (Å²) in [6, 6.07) is 15.9. The molecule has 0 aromatic heterocycles. The molecule has 0 heterocycles. The van der Waals surface area contributed by atoms with Crippen LogP contribution in [0.5, 0.6) is 0 Å². The molecule has 3 N–H and O–H groups in total. The highest BCUT2D eigenvalue weighted by Gasteiger charge is 2.00. The minimum Gasteiger partial charge on any atom is -0.398 e. The molecule has 0 amide bonds. The number of hydrogen-bond donors (Lipinski definition) is 2. The van der Waals surface area contributed by atoms with Crippen LogP contribution in [0.1, 0.15) is 16.7 Å². The van der Waals surface area contributed by atoms with Gasteiger partial charge in [0, 0.05) is 12.2 Å². The highest BCUT2D eigenvalue weighted by Crippen LogP contribution is 2.17. The molecule has 0 fully saturated rings. The van der Waals surface area contributed by atoms with Gasteiger partial charge in [-0.3, -0.25) is 0 Å². The Bertz CT molecular complexity index is 612. The molecule has 0 radical (unpaired) electrons. The maximum Gasteiger partial charge on any atom is 0.101 e. The van der Waals surface area contributed by atoms with Crippen molar-refractivity contribution in [3.8, 4) is 6.07 Å². The number of anilines is 2. The Balaban J connectivity index is 1.95. The number of benzene rings is 2. The molecular formula is C16H17N3. The van der Waals surface area contributed by atoms with E-state index in [0.717, 1.165) is 18.7 Å². The van der Waals surface area contributed by atoms with Crippen LogP contribution < -0.4 is 11.1 Å². The lowest BCUT2D eigenvalue weighted by atomic mass is 10.1. The summed E-state index contributed by atoms with van der Waals surface area (Å²) in [5, 5.41) is 12.1. The first-order valence-electron chi connectivity index (χ1n) is 6.28. The van der Waals surface area contributed by atoms with Gasteiger partial charge < -0.3 is 11.1 Å². The first-order chi connectivity index (χ1) is 9.20. The van der Waals surface area contributed by atoms with Gasteiger partial charge in [0.2, 0.25) is 0 Å². The summed E-state index contributed by atoms with van der Waals surface area (Å²) in [4.78, 5) is 0. The van der Waals surface area contributed by atoms with E-state index < -0.39 is 0 Å². The molecule has 3 heteroatoms. The fraction of sp³-hybridized carbons (Fsp3) is 0.188. The Morgan fingerprint density at radius 3 is 2.68 bits per heavy atom. The van der Waals surface area contributed by atoms with Crippen molar-refractivity contribution in [3.63, 3.8) is 0 Å². The number of hydrogen-bond acceptors (Lipinski definition) is 3. The van der Waals surface area contributed by atoms with E-state index >= 15 is 0 Å². The van der Waals surface area contributed by atoms with Gasteiger partial charge in [0.25, 0.3) is 0 Å². The van der Waals surface area contributed by atoms with Crippen LogP contribution in [-0.2, 0) is 6.42 Å². The first kappa shape index (κ1) is 13.0. The highest BCUT2D eigenvalue weighted by atomic mass is 14.9. The van der Waals surface area contributed by atoms with Gasteiger partial charge in [0.05, 0.1) is 11.3 Å². The fourth-order valence-electron chi connectivity index (χ4n) is 2.01. The predicted molar refractivity (Wildman–Crippen MR) is 78.9 cm³/mol. The number of nitriles is 1. The lowest BCUT2D eigenvalue weighted by Crippen LogP contribution is -2.06. The van der Waals surface area contributed by atoms with Gasteiger partial charge >= 0.3 is 0 Å². The van der Waals surface area contributed by atoms with Crippen molar-refractivity contribution < 1.29 is 0 Å². The quantitative estimate of drug-likeness (QED) is 0.821. The summed E-state index contributed by atoms with van der Waals surface area (Å²) in [5.41, 5.74) is 10.4. The van der Waals surface area contributed by atoms with E-state index in [-0.39, 0.29) is 0 Å². The molecule has 19 heavy (non-hydrogen) atoms. The van der Waals surface area contributed by atoms with Crippen molar-refractivity contribution in [1.29, 1.82) is 5.26 Å².